The van der Waals surface area contributed by atoms with Crippen LogP contribution in [0.1, 0.15) is 31.2 Å². The first-order valence-corrected chi connectivity index (χ1v) is 9.17. The van der Waals surface area contributed by atoms with E-state index >= 15 is 0 Å². The number of thioether (sulfide) groups is 1. The number of likely N-dealkylation sites (tertiary alicyclic amines) is 2. The van der Waals surface area contributed by atoms with E-state index in [4.69, 9.17) is 0 Å². The van der Waals surface area contributed by atoms with Crippen LogP contribution in [-0.2, 0) is 6.54 Å². The number of hydrogen-bond acceptors (Lipinski definition) is 3. The van der Waals surface area contributed by atoms with E-state index < -0.39 is 0 Å². The van der Waals surface area contributed by atoms with E-state index in [0.717, 1.165) is 12.6 Å². The first-order chi connectivity index (χ1) is 9.85. The lowest BCUT2D eigenvalue weighted by Gasteiger charge is -2.37. The maximum atomic E-state index is 2.73. The SMILES string of the molecule is CSc1cccc(CN2CCCC(N3CCCC3)C2)c1. The number of piperidine rings is 1. The Kier molecular flexibility index (Phi) is 5.03. The highest BCUT2D eigenvalue weighted by Crippen LogP contribution is 2.23. The first-order valence-electron chi connectivity index (χ1n) is 7.94. The first kappa shape index (κ1) is 14.4. The monoisotopic (exact) mass is 290 g/mol. The van der Waals surface area contributed by atoms with Crippen molar-refractivity contribution in [2.75, 3.05) is 32.4 Å². The van der Waals surface area contributed by atoms with Crippen LogP contribution in [-0.4, -0.2) is 48.3 Å². The maximum Gasteiger partial charge on any atom is 0.0234 e. The number of benzene rings is 1. The van der Waals surface area contributed by atoms with Crippen LogP contribution in [0.4, 0.5) is 0 Å². The average molecular weight is 290 g/mol. The predicted octanol–water partition coefficient (Wildman–Crippen LogP) is 3.47. The molecule has 2 fully saturated rings. The second kappa shape index (κ2) is 6.97. The van der Waals surface area contributed by atoms with Crippen molar-refractivity contribution in [3.05, 3.63) is 29.8 Å². The summed E-state index contributed by atoms with van der Waals surface area (Å²) >= 11 is 1.84. The summed E-state index contributed by atoms with van der Waals surface area (Å²) in [6.45, 7) is 6.33. The Morgan fingerprint density at radius 1 is 1.15 bits per heavy atom. The normalized spacial score (nSPS) is 25.1. The molecule has 3 heteroatoms. The van der Waals surface area contributed by atoms with Gasteiger partial charge in [-0.25, -0.2) is 0 Å². The molecule has 20 heavy (non-hydrogen) atoms. The maximum absolute atomic E-state index is 2.73. The Morgan fingerprint density at radius 3 is 2.80 bits per heavy atom. The van der Waals surface area contributed by atoms with Gasteiger partial charge in [-0.1, -0.05) is 12.1 Å². The Balaban J connectivity index is 1.59. The molecular weight excluding hydrogens is 264 g/mol. The van der Waals surface area contributed by atoms with Crippen LogP contribution in [0.2, 0.25) is 0 Å². The molecule has 3 rings (SSSR count). The quantitative estimate of drug-likeness (QED) is 0.784. The fraction of sp³-hybridized carbons (Fsp3) is 0.647. The van der Waals surface area contributed by atoms with E-state index in [1.54, 1.807) is 0 Å². The van der Waals surface area contributed by atoms with Crippen LogP contribution in [0, 0.1) is 0 Å². The van der Waals surface area contributed by atoms with E-state index in [9.17, 15) is 0 Å². The van der Waals surface area contributed by atoms with E-state index in [1.165, 1.54) is 62.3 Å². The molecule has 0 aliphatic carbocycles. The molecule has 1 aromatic rings. The van der Waals surface area contributed by atoms with E-state index in [-0.39, 0.29) is 0 Å². The minimum absolute atomic E-state index is 0.815. The van der Waals surface area contributed by atoms with Crippen LogP contribution in [0.5, 0.6) is 0 Å². The summed E-state index contributed by atoms with van der Waals surface area (Å²) in [5.74, 6) is 0. The lowest BCUT2D eigenvalue weighted by molar-refractivity contribution is 0.110. The molecule has 0 radical (unpaired) electrons. The van der Waals surface area contributed by atoms with Gasteiger partial charge in [0.15, 0.2) is 0 Å². The zero-order valence-electron chi connectivity index (χ0n) is 12.6. The minimum Gasteiger partial charge on any atom is -0.299 e. The molecule has 1 atom stereocenters. The second-order valence-corrected chi connectivity index (χ2v) is 7.01. The molecule has 0 saturated carbocycles. The van der Waals surface area contributed by atoms with Crippen molar-refractivity contribution in [1.29, 1.82) is 0 Å². The Bertz CT molecular complexity index is 429. The molecule has 110 valence electrons. The van der Waals surface area contributed by atoms with Gasteiger partial charge in [0.2, 0.25) is 0 Å². The molecule has 0 amide bonds. The van der Waals surface area contributed by atoms with Crippen molar-refractivity contribution in [2.24, 2.45) is 0 Å². The van der Waals surface area contributed by atoms with E-state index in [1.807, 2.05) is 11.8 Å². The van der Waals surface area contributed by atoms with Gasteiger partial charge in [-0.05, 0) is 69.3 Å². The van der Waals surface area contributed by atoms with Crippen LogP contribution in [0.15, 0.2) is 29.2 Å². The summed E-state index contributed by atoms with van der Waals surface area (Å²) < 4.78 is 0. The summed E-state index contributed by atoms with van der Waals surface area (Å²) in [7, 11) is 0. The zero-order valence-corrected chi connectivity index (χ0v) is 13.4. The standard InChI is InChI=1S/C17H26N2S/c1-20-17-8-4-6-15(12-17)13-18-9-5-7-16(14-18)19-10-2-3-11-19/h4,6,8,12,16H,2-3,5,7,9-11,13-14H2,1H3. The summed E-state index contributed by atoms with van der Waals surface area (Å²) in [4.78, 5) is 6.77. The van der Waals surface area contributed by atoms with Crippen molar-refractivity contribution in [2.45, 2.75) is 43.2 Å². The predicted molar refractivity (Wildman–Crippen MR) is 87.3 cm³/mol. The minimum atomic E-state index is 0.815. The van der Waals surface area contributed by atoms with Crippen LogP contribution < -0.4 is 0 Å². The molecular formula is C17H26N2S. The van der Waals surface area contributed by atoms with Gasteiger partial charge in [0, 0.05) is 24.0 Å². The third-order valence-corrected chi connectivity index (χ3v) is 5.40. The lowest BCUT2D eigenvalue weighted by atomic mass is 10.0. The van der Waals surface area contributed by atoms with Crippen molar-refractivity contribution in [3.63, 3.8) is 0 Å². The Labute approximate surface area is 127 Å². The molecule has 1 aromatic carbocycles. The van der Waals surface area contributed by atoms with Crippen LogP contribution in [0.25, 0.3) is 0 Å². The highest BCUT2D eigenvalue weighted by molar-refractivity contribution is 7.98. The lowest BCUT2D eigenvalue weighted by Crippen LogP contribution is -2.46. The molecule has 0 aromatic heterocycles. The number of rotatable bonds is 4. The largest absolute Gasteiger partial charge is 0.299 e. The van der Waals surface area contributed by atoms with Gasteiger partial charge in [0.25, 0.3) is 0 Å². The number of hydrogen-bond donors (Lipinski definition) is 0. The second-order valence-electron chi connectivity index (χ2n) is 6.13. The number of nitrogens with zero attached hydrogens (tertiary/aromatic N) is 2. The molecule has 0 spiro atoms. The Hall–Kier alpha value is -0.510. The average Bonchev–Trinajstić information content (AvgIpc) is 3.02. The summed E-state index contributed by atoms with van der Waals surface area (Å²) in [6, 6.07) is 9.85. The molecule has 2 aliphatic heterocycles. The molecule has 1 unspecified atom stereocenters. The van der Waals surface area contributed by atoms with E-state index in [0.29, 0.717) is 0 Å². The van der Waals surface area contributed by atoms with Gasteiger partial charge in [0.1, 0.15) is 0 Å². The van der Waals surface area contributed by atoms with Crippen LogP contribution in [0.3, 0.4) is 0 Å². The third-order valence-electron chi connectivity index (χ3n) is 4.68. The summed E-state index contributed by atoms with van der Waals surface area (Å²) in [5, 5.41) is 0. The highest BCUT2D eigenvalue weighted by Gasteiger charge is 2.26. The Morgan fingerprint density at radius 2 is 2.00 bits per heavy atom. The van der Waals surface area contributed by atoms with Gasteiger partial charge in [-0.3, -0.25) is 9.80 Å². The smallest absolute Gasteiger partial charge is 0.0234 e. The fourth-order valence-electron chi connectivity index (χ4n) is 3.61. The van der Waals surface area contributed by atoms with Gasteiger partial charge in [-0.15, -0.1) is 11.8 Å². The van der Waals surface area contributed by atoms with Crippen molar-refractivity contribution < 1.29 is 0 Å². The summed E-state index contributed by atoms with van der Waals surface area (Å²) in [6.07, 6.45) is 7.74. The fourth-order valence-corrected chi connectivity index (χ4v) is 4.09. The molecule has 0 bridgehead atoms. The van der Waals surface area contributed by atoms with Crippen molar-refractivity contribution >= 4 is 11.8 Å². The van der Waals surface area contributed by atoms with Gasteiger partial charge < -0.3 is 0 Å². The highest BCUT2D eigenvalue weighted by atomic mass is 32.2. The molecule has 2 saturated heterocycles. The molecule has 2 aliphatic rings. The van der Waals surface area contributed by atoms with Crippen molar-refractivity contribution in [3.8, 4) is 0 Å². The van der Waals surface area contributed by atoms with Gasteiger partial charge in [0.05, 0.1) is 0 Å². The zero-order chi connectivity index (χ0) is 13.8. The van der Waals surface area contributed by atoms with Crippen LogP contribution >= 0.6 is 11.8 Å². The summed E-state index contributed by atoms with van der Waals surface area (Å²) in [5.41, 5.74) is 1.47. The molecule has 2 nitrogen and oxygen atoms in total. The van der Waals surface area contributed by atoms with Gasteiger partial charge in [-0.2, -0.15) is 0 Å². The van der Waals surface area contributed by atoms with E-state index in [2.05, 4.69) is 40.3 Å². The molecule has 2 heterocycles. The molecule has 0 N–H and O–H groups in total. The third kappa shape index (κ3) is 3.57. The topological polar surface area (TPSA) is 6.48 Å². The van der Waals surface area contributed by atoms with Gasteiger partial charge >= 0.3 is 0 Å². The van der Waals surface area contributed by atoms with Crippen molar-refractivity contribution in [1.82, 2.24) is 9.80 Å².